The molecule has 3 aromatic carbocycles. The van der Waals surface area contributed by atoms with Crippen LogP contribution in [0.5, 0.6) is 5.75 Å². The molecular formula is C31H29N5O3. The summed E-state index contributed by atoms with van der Waals surface area (Å²) in [5.74, 6) is 1.16. The molecule has 1 N–H and O–H groups in total. The summed E-state index contributed by atoms with van der Waals surface area (Å²) in [6.45, 7) is 3.64. The summed E-state index contributed by atoms with van der Waals surface area (Å²) < 4.78 is 11.8. The second kappa shape index (κ2) is 11.4. The number of hydrogen-bond acceptors (Lipinski definition) is 7. The van der Waals surface area contributed by atoms with Crippen molar-refractivity contribution in [1.29, 1.82) is 0 Å². The highest BCUT2D eigenvalue weighted by Gasteiger charge is 2.19. The van der Waals surface area contributed by atoms with Crippen LogP contribution >= 0.6 is 0 Å². The topological polar surface area (TPSA) is 97.1 Å². The van der Waals surface area contributed by atoms with Crippen LogP contribution in [-0.4, -0.2) is 51.8 Å². The van der Waals surface area contributed by atoms with Crippen LogP contribution in [0.2, 0.25) is 0 Å². The van der Waals surface area contributed by atoms with Crippen molar-refractivity contribution in [3.63, 3.8) is 0 Å². The third kappa shape index (κ3) is 5.66. The fraction of sp³-hybridized carbons (Fsp3) is 0.226. The average Bonchev–Trinajstić information content (AvgIpc) is 3.53. The molecule has 1 aliphatic heterocycles. The highest BCUT2D eigenvalue weighted by atomic mass is 16.5. The summed E-state index contributed by atoms with van der Waals surface area (Å²) in [4.78, 5) is 15.0. The number of rotatable bonds is 8. The molecule has 0 saturated carbocycles. The molecular weight excluding hydrogens is 490 g/mol. The van der Waals surface area contributed by atoms with Crippen LogP contribution in [0, 0.1) is 0 Å². The normalized spacial score (nSPS) is 14.0. The van der Waals surface area contributed by atoms with Crippen molar-refractivity contribution in [2.75, 3.05) is 26.2 Å². The molecule has 5 aromatic rings. The zero-order valence-corrected chi connectivity index (χ0v) is 21.5. The molecule has 1 saturated heterocycles. The predicted octanol–water partition coefficient (Wildman–Crippen LogP) is 5.34. The monoisotopic (exact) mass is 519 g/mol. The van der Waals surface area contributed by atoms with Crippen LogP contribution in [-0.2, 0) is 0 Å². The Morgan fingerprint density at radius 1 is 0.923 bits per heavy atom. The highest BCUT2D eigenvalue weighted by Crippen LogP contribution is 2.32. The number of aromatic nitrogens is 4. The van der Waals surface area contributed by atoms with Crippen LogP contribution in [0.15, 0.2) is 99.7 Å². The van der Waals surface area contributed by atoms with Gasteiger partial charge in [0.05, 0.1) is 12.0 Å². The first-order valence-electron chi connectivity index (χ1n) is 13.2. The number of likely N-dealkylation sites (tertiary alicyclic amines) is 1. The number of nitrogens with zero attached hydrogens (tertiary/aromatic N) is 4. The lowest BCUT2D eigenvalue weighted by Crippen LogP contribution is -2.32. The minimum atomic E-state index is -0.163. The van der Waals surface area contributed by atoms with Crippen LogP contribution in [0.1, 0.15) is 30.4 Å². The van der Waals surface area contributed by atoms with E-state index in [1.807, 2.05) is 0 Å². The number of nitrogens with one attached hydrogen (secondary N) is 1. The number of tetrazole rings is 1. The SMILES string of the molecule is O=c1cc(-c2nn[nH]n2)oc2cc(OCCCN3CCC(=C(c4ccccc4)c4ccccc4)CC3)ccc12. The molecule has 3 heterocycles. The van der Waals surface area contributed by atoms with Gasteiger partial charge in [-0.2, -0.15) is 5.21 Å². The van der Waals surface area contributed by atoms with Gasteiger partial charge in [-0.05, 0) is 53.3 Å². The van der Waals surface area contributed by atoms with Crippen molar-refractivity contribution in [3.8, 4) is 17.3 Å². The van der Waals surface area contributed by atoms with Crippen LogP contribution in [0.4, 0.5) is 0 Å². The van der Waals surface area contributed by atoms with Crippen molar-refractivity contribution in [2.45, 2.75) is 19.3 Å². The lowest BCUT2D eigenvalue weighted by Gasteiger charge is -2.30. The number of piperidine rings is 1. The van der Waals surface area contributed by atoms with E-state index in [2.05, 4.69) is 86.2 Å². The Morgan fingerprint density at radius 3 is 2.31 bits per heavy atom. The number of H-pyrrole nitrogens is 1. The molecule has 1 aliphatic rings. The second-order valence-electron chi connectivity index (χ2n) is 9.62. The van der Waals surface area contributed by atoms with Crippen molar-refractivity contribution < 1.29 is 9.15 Å². The first-order valence-corrected chi connectivity index (χ1v) is 13.2. The molecule has 0 radical (unpaired) electrons. The van der Waals surface area contributed by atoms with Crippen molar-refractivity contribution in [3.05, 3.63) is 112 Å². The summed E-state index contributed by atoms with van der Waals surface area (Å²) in [6.07, 6.45) is 3.03. The second-order valence-corrected chi connectivity index (χ2v) is 9.62. The first-order chi connectivity index (χ1) is 19.2. The lowest BCUT2D eigenvalue weighted by atomic mass is 9.88. The zero-order valence-electron chi connectivity index (χ0n) is 21.5. The molecule has 0 unspecified atom stereocenters. The van der Waals surface area contributed by atoms with Gasteiger partial charge >= 0.3 is 0 Å². The Labute approximate surface area is 225 Å². The van der Waals surface area contributed by atoms with Crippen molar-refractivity contribution in [2.24, 2.45) is 0 Å². The molecule has 1 fully saturated rings. The molecule has 0 amide bonds. The van der Waals surface area contributed by atoms with Gasteiger partial charge in [0.15, 0.2) is 11.2 Å². The average molecular weight is 520 g/mol. The van der Waals surface area contributed by atoms with E-state index in [4.69, 9.17) is 9.15 Å². The molecule has 196 valence electrons. The van der Waals surface area contributed by atoms with Crippen LogP contribution in [0.25, 0.3) is 28.1 Å². The maximum absolute atomic E-state index is 12.5. The number of fused-ring (bicyclic) bond motifs is 1. The number of ether oxygens (including phenoxy) is 1. The molecule has 0 aliphatic carbocycles. The van der Waals surface area contributed by atoms with Crippen LogP contribution < -0.4 is 10.2 Å². The molecule has 39 heavy (non-hydrogen) atoms. The quantitative estimate of drug-likeness (QED) is 0.276. The van der Waals surface area contributed by atoms with Gasteiger partial charge in [-0.25, -0.2) is 0 Å². The minimum Gasteiger partial charge on any atom is -0.493 e. The first kappa shape index (κ1) is 24.8. The molecule has 8 nitrogen and oxygen atoms in total. The van der Waals surface area contributed by atoms with E-state index < -0.39 is 0 Å². The molecule has 6 rings (SSSR count). The van der Waals surface area contributed by atoms with Gasteiger partial charge < -0.3 is 14.1 Å². The Kier molecular flexibility index (Phi) is 7.27. The van der Waals surface area contributed by atoms with Crippen LogP contribution in [0.3, 0.4) is 0 Å². The van der Waals surface area contributed by atoms with Gasteiger partial charge in [0.2, 0.25) is 5.82 Å². The van der Waals surface area contributed by atoms with Gasteiger partial charge in [0, 0.05) is 31.8 Å². The van der Waals surface area contributed by atoms with E-state index in [0.717, 1.165) is 38.9 Å². The Balaban J connectivity index is 1.06. The van der Waals surface area contributed by atoms with Gasteiger partial charge in [-0.3, -0.25) is 4.79 Å². The van der Waals surface area contributed by atoms with E-state index >= 15 is 0 Å². The summed E-state index contributed by atoms with van der Waals surface area (Å²) in [7, 11) is 0. The van der Waals surface area contributed by atoms with Crippen molar-refractivity contribution >= 4 is 16.5 Å². The maximum atomic E-state index is 12.5. The lowest BCUT2D eigenvalue weighted by molar-refractivity contribution is 0.223. The molecule has 0 atom stereocenters. The van der Waals surface area contributed by atoms with Gasteiger partial charge in [0.25, 0.3) is 0 Å². The number of benzene rings is 3. The fourth-order valence-corrected chi connectivity index (χ4v) is 5.16. The fourth-order valence-electron chi connectivity index (χ4n) is 5.16. The van der Waals surface area contributed by atoms with E-state index in [1.165, 1.54) is 28.3 Å². The number of aromatic amines is 1. The largest absolute Gasteiger partial charge is 0.493 e. The summed E-state index contributed by atoms with van der Waals surface area (Å²) >= 11 is 0. The van der Waals surface area contributed by atoms with E-state index in [9.17, 15) is 4.79 Å². The van der Waals surface area contributed by atoms with Gasteiger partial charge in [0.1, 0.15) is 11.3 Å². The van der Waals surface area contributed by atoms with E-state index in [0.29, 0.717) is 23.3 Å². The number of hydrogen-bond donors (Lipinski definition) is 1. The van der Waals surface area contributed by atoms with Gasteiger partial charge in [-0.15, -0.1) is 10.2 Å². The maximum Gasteiger partial charge on any atom is 0.239 e. The molecule has 8 heteroatoms. The minimum absolute atomic E-state index is 0.163. The highest BCUT2D eigenvalue weighted by molar-refractivity contribution is 5.82. The Morgan fingerprint density at radius 2 is 1.64 bits per heavy atom. The summed E-state index contributed by atoms with van der Waals surface area (Å²) in [6, 6.07) is 28.1. The molecule has 0 spiro atoms. The van der Waals surface area contributed by atoms with Crippen molar-refractivity contribution in [1.82, 2.24) is 25.5 Å². The van der Waals surface area contributed by atoms with Gasteiger partial charge in [-0.1, -0.05) is 66.2 Å². The smallest absolute Gasteiger partial charge is 0.239 e. The third-order valence-corrected chi connectivity index (χ3v) is 7.09. The third-order valence-electron chi connectivity index (χ3n) is 7.09. The zero-order chi connectivity index (χ0) is 26.4. The molecule has 2 aromatic heterocycles. The summed E-state index contributed by atoms with van der Waals surface area (Å²) in [5.41, 5.74) is 5.75. The predicted molar refractivity (Wildman–Crippen MR) is 150 cm³/mol. The van der Waals surface area contributed by atoms with E-state index in [-0.39, 0.29) is 17.0 Å². The molecule has 0 bridgehead atoms. The Hall–Kier alpha value is -4.56. The summed E-state index contributed by atoms with van der Waals surface area (Å²) in [5, 5.41) is 14.2. The van der Waals surface area contributed by atoms with E-state index in [1.54, 1.807) is 18.2 Å². The Bertz CT molecular complexity index is 1580. The standard InChI is InChI=1S/C31H29N5O3/c37-27-21-29(31-32-34-35-33-31)39-28-20-25(12-13-26(27)28)38-19-7-16-36-17-14-24(15-18-36)30(22-8-3-1-4-9-22)23-10-5-2-6-11-23/h1-6,8-13,20-21H,7,14-19H2,(H,32,33,34,35).